The molecule has 23 heavy (non-hydrogen) atoms. The Labute approximate surface area is 134 Å². The Bertz CT molecular complexity index is 938. The summed E-state index contributed by atoms with van der Waals surface area (Å²) >= 11 is 0. The third-order valence-electron chi connectivity index (χ3n) is 3.92. The average Bonchev–Trinajstić information content (AvgIpc) is 3.21. The van der Waals surface area contributed by atoms with E-state index in [2.05, 4.69) is 29.6 Å². The van der Waals surface area contributed by atoms with Crippen molar-refractivity contribution in [3.63, 3.8) is 0 Å². The number of benzene rings is 2. The second-order valence-corrected chi connectivity index (χ2v) is 5.42. The Morgan fingerprint density at radius 2 is 1.74 bits per heavy atom. The maximum absolute atomic E-state index is 5.80. The van der Waals surface area contributed by atoms with Gasteiger partial charge in [0.05, 0.1) is 12.1 Å². The molecule has 0 atom stereocenters. The topological polar surface area (TPSA) is 43.0 Å². The van der Waals surface area contributed by atoms with Gasteiger partial charge in [-0.2, -0.15) is 5.10 Å². The van der Waals surface area contributed by atoms with Crippen LogP contribution in [0.1, 0.15) is 5.56 Å². The first-order valence-corrected chi connectivity index (χ1v) is 7.62. The predicted molar refractivity (Wildman–Crippen MR) is 92.5 cm³/mol. The Morgan fingerprint density at radius 1 is 0.957 bits per heavy atom. The molecule has 0 fully saturated rings. The molecule has 2 aromatic carbocycles. The van der Waals surface area contributed by atoms with Crippen molar-refractivity contribution >= 4 is 16.8 Å². The van der Waals surface area contributed by atoms with Gasteiger partial charge in [0, 0.05) is 18.5 Å². The van der Waals surface area contributed by atoms with Crippen LogP contribution >= 0.6 is 0 Å². The zero-order chi connectivity index (χ0) is 15.6. The molecule has 2 heterocycles. The number of hydrogen-bond donors (Lipinski definition) is 1. The van der Waals surface area contributed by atoms with Gasteiger partial charge in [0.2, 0.25) is 0 Å². The normalized spacial score (nSPS) is 11.0. The molecule has 0 saturated heterocycles. The van der Waals surface area contributed by atoms with Gasteiger partial charge in [0.1, 0.15) is 5.69 Å². The number of nitrogens with zero attached hydrogens (tertiary/aromatic N) is 2. The van der Waals surface area contributed by atoms with E-state index in [1.807, 2.05) is 54.2 Å². The first-order chi connectivity index (χ1) is 11.3. The van der Waals surface area contributed by atoms with Crippen LogP contribution < -0.4 is 5.32 Å². The van der Waals surface area contributed by atoms with Crippen molar-refractivity contribution in [3.05, 3.63) is 72.3 Å². The smallest absolute Gasteiger partial charge is 0.193 e. The van der Waals surface area contributed by atoms with E-state index in [-0.39, 0.29) is 0 Å². The molecule has 114 valence electrons. The van der Waals surface area contributed by atoms with Crippen LogP contribution in [-0.2, 0) is 6.54 Å². The van der Waals surface area contributed by atoms with Gasteiger partial charge in [-0.05, 0) is 17.7 Å². The molecule has 0 radical (unpaired) electrons. The van der Waals surface area contributed by atoms with Gasteiger partial charge >= 0.3 is 0 Å². The van der Waals surface area contributed by atoms with Crippen LogP contribution in [0.15, 0.2) is 71.1 Å². The lowest BCUT2D eigenvalue weighted by molar-refractivity contribution is 0.592. The quantitative estimate of drug-likeness (QED) is 0.608. The second-order valence-electron chi connectivity index (χ2n) is 5.42. The van der Waals surface area contributed by atoms with Crippen molar-refractivity contribution in [3.8, 4) is 11.5 Å². The minimum atomic E-state index is 0.737. The van der Waals surface area contributed by atoms with Crippen LogP contribution in [0.2, 0.25) is 0 Å². The van der Waals surface area contributed by atoms with Gasteiger partial charge in [-0.1, -0.05) is 48.5 Å². The minimum absolute atomic E-state index is 0.737. The van der Waals surface area contributed by atoms with Crippen LogP contribution in [0.3, 0.4) is 0 Å². The summed E-state index contributed by atoms with van der Waals surface area (Å²) in [7, 11) is 1.84. The van der Waals surface area contributed by atoms with Gasteiger partial charge in [-0.15, -0.1) is 0 Å². The fourth-order valence-corrected chi connectivity index (χ4v) is 2.79. The molecule has 0 unspecified atom stereocenters. The van der Waals surface area contributed by atoms with E-state index in [1.54, 1.807) is 0 Å². The second kappa shape index (κ2) is 5.65. The van der Waals surface area contributed by atoms with Crippen LogP contribution in [-0.4, -0.2) is 16.8 Å². The summed E-state index contributed by atoms with van der Waals surface area (Å²) in [4.78, 5) is 0. The predicted octanol–water partition coefficient (Wildman–Crippen LogP) is 4.39. The van der Waals surface area contributed by atoms with Crippen molar-refractivity contribution in [1.29, 1.82) is 0 Å². The summed E-state index contributed by atoms with van der Waals surface area (Å²) in [5.41, 5.74) is 3.20. The van der Waals surface area contributed by atoms with Crippen LogP contribution in [0.4, 0.5) is 5.88 Å². The molecule has 4 nitrogen and oxygen atoms in total. The molecule has 4 rings (SSSR count). The van der Waals surface area contributed by atoms with Gasteiger partial charge < -0.3 is 9.73 Å². The Hall–Kier alpha value is -3.01. The van der Waals surface area contributed by atoms with Crippen LogP contribution in [0.5, 0.6) is 0 Å². The first-order valence-electron chi connectivity index (χ1n) is 7.62. The summed E-state index contributed by atoms with van der Waals surface area (Å²) in [5, 5.41) is 8.91. The summed E-state index contributed by atoms with van der Waals surface area (Å²) in [6.45, 7) is 0.737. The van der Waals surface area contributed by atoms with Crippen molar-refractivity contribution in [2.75, 3.05) is 12.4 Å². The summed E-state index contributed by atoms with van der Waals surface area (Å²) in [5.74, 6) is 1.51. The molecule has 0 spiro atoms. The molecule has 4 aromatic rings. The molecular weight excluding hydrogens is 286 g/mol. The minimum Gasteiger partial charge on any atom is -0.439 e. The third kappa shape index (κ3) is 2.48. The molecule has 4 heteroatoms. The van der Waals surface area contributed by atoms with Gasteiger partial charge in [-0.3, -0.25) is 4.68 Å². The standard InChI is InChI=1S/C19H17N3O/c1-20-18-12-11-17(23-18)19-15-9-5-6-10-16(15)22(21-19)13-14-7-3-2-4-8-14/h2-12,20H,13H2,1H3. The highest BCUT2D eigenvalue weighted by Gasteiger charge is 2.15. The van der Waals surface area contributed by atoms with E-state index in [0.29, 0.717) is 0 Å². The van der Waals surface area contributed by atoms with Gasteiger partial charge in [0.15, 0.2) is 11.6 Å². The Balaban J connectivity index is 1.83. The number of fused-ring (bicyclic) bond motifs is 1. The zero-order valence-electron chi connectivity index (χ0n) is 12.9. The number of anilines is 1. The maximum Gasteiger partial charge on any atom is 0.193 e. The largest absolute Gasteiger partial charge is 0.439 e. The SMILES string of the molecule is CNc1ccc(-c2nn(Cc3ccccc3)c3ccccc23)o1. The molecule has 0 bridgehead atoms. The number of hydrogen-bond acceptors (Lipinski definition) is 3. The number of aromatic nitrogens is 2. The van der Waals surface area contributed by atoms with Crippen molar-refractivity contribution < 1.29 is 4.42 Å². The highest BCUT2D eigenvalue weighted by molar-refractivity contribution is 5.92. The lowest BCUT2D eigenvalue weighted by atomic mass is 10.2. The lowest BCUT2D eigenvalue weighted by Gasteiger charge is -2.03. The highest BCUT2D eigenvalue weighted by atomic mass is 16.4. The van der Waals surface area contributed by atoms with Gasteiger partial charge in [-0.25, -0.2) is 0 Å². The zero-order valence-corrected chi connectivity index (χ0v) is 12.9. The van der Waals surface area contributed by atoms with Crippen LogP contribution in [0.25, 0.3) is 22.4 Å². The number of rotatable bonds is 4. The van der Waals surface area contributed by atoms with Crippen molar-refractivity contribution in [2.24, 2.45) is 0 Å². The molecule has 0 amide bonds. The molecule has 0 aliphatic heterocycles. The fourth-order valence-electron chi connectivity index (χ4n) is 2.79. The fraction of sp³-hybridized carbons (Fsp3) is 0.105. The van der Waals surface area contributed by atoms with Gasteiger partial charge in [0.25, 0.3) is 0 Å². The van der Waals surface area contributed by atoms with E-state index in [4.69, 9.17) is 9.52 Å². The molecular formula is C19H17N3O. The van der Waals surface area contributed by atoms with E-state index in [9.17, 15) is 0 Å². The Kier molecular flexibility index (Phi) is 3.35. The Morgan fingerprint density at radius 3 is 2.52 bits per heavy atom. The molecule has 0 aliphatic rings. The summed E-state index contributed by atoms with van der Waals surface area (Å²) < 4.78 is 7.83. The maximum atomic E-state index is 5.80. The van der Waals surface area contributed by atoms with Crippen molar-refractivity contribution in [2.45, 2.75) is 6.54 Å². The number of para-hydroxylation sites is 1. The first kappa shape index (κ1) is 13.6. The molecule has 1 N–H and O–H groups in total. The number of nitrogens with one attached hydrogen (secondary N) is 1. The molecule has 2 aromatic heterocycles. The molecule has 0 saturated carbocycles. The monoisotopic (exact) mass is 303 g/mol. The van der Waals surface area contributed by atoms with E-state index in [0.717, 1.165) is 34.8 Å². The van der Waals surface area contributed by atoms with Crippen LogP contribution in [0, 0.1) is 0 Å². The summed E-state index contributed by atoms with van der Waals surface area (Å²) in [6.07, 6.45) is 0. The average molecular weight is 303 g/mol. The van der Waals surface area contributed by atoms with E-state index >= 15 is 0 Å². The lowest BCUT2D eigenvalue weighted by Crippen LogP contribution is -2.01. The number of furan rings is 1. The van der Waals surface area contributed by atoms with E-state index < -0.39 is 0 Å². The van der Waals surface area contributed by atoms with Crippen molar-refractivity contribution in [1.82, 2.24) is 9.78 Å². The van der Waals surface area contributed by atoms with E-state index in [1.165, 1.54) is 5.56 Å². The third-order valence-corrected chi connectivity index (χ3v) is 3.92. The molecule has 0 aliphatic carbocycles. The highest BCUT2D eigenvalue weighted by Crippen LogP contribution is 2.30. The summed E-state index contributed by atoms with van der Waals surface area (Å²) in [6, 6.07) is 22.5.